The molecule has 3 rings (SSSR count). The number of carbonyl (C=O) groups excluding carboxylic acids is 2. The molecule has 2 aliphatic rings. The second-order valence-electron chi connectivity index (χ2n) is 7.07. The quantitative estimate of drug-likeness (QED) is 0.747. The molecule has 0 saturated carbocycles. The summed E-state index contributed by atoms with van der Waals surface area (Å²) < 4.78 is 0. The highest BCUT2D eigenvalue weighted by atomic mass is 16.2. The van der Waals surface area contributed by atoms with E-state index in [1.165, 1.54) is 5.56 Å². The van der Waals surface area contributed by atoms with Crippen molar-refractivity contribution in [3.8, 4) is 0 Å². The molecule has 1 aromatic rings. The van der Waals surface area contributed by atoms with Crippen LogP contribution >= 0.6 is 0 Å². The highest BCUT2D eigenvalue weighted by Crippen LogP contribution is 2.21. The smallest absolute Gasteiger partial charge is 0.223 e. The van der Waals surface area contributed by atoms with Crippen molar-refractivity contribution in [3.05, 3.63) is 48.0 Å². The Morgan fingerprint density at radius 1 is 0.960 bits per heavy atom. The summed E-state index contributed by atoms with van der Waals surface area (Å²) in [7, 11) is 0. The van der Waals surface area contributed by atoms with Crippen molar-refractivity contribution in [1.29, 1.82) is 0 Å². The van der Waals surface area contributed by atoms with Crippen LogP contribution in [-0.2, 0) is 16.0 Å². The van der Waals surface area contributed by atoms with Gasteiger partial charge < -0.3 is 9.80 Å². The number of rotatable bonds is 6. The lowest BCUT2D eigenvalue weighted by Gasteiger charge is -2.35. The van der Waals surface area contributed by atoms with Crippen molar-refractivity contribution in [2.75, 3.05) is 26.2 Å². The normalized spacial score (nSPS) is 20.1. The summed E-state index contributed by atoms with van der Waals surface area (Å²) >= 11 is 0. The van der Waals surface area contributed by atoms with Crippen molar-refractivity contribution in [3.63, 3.8) is 0 Å². The Morgan fingerprint density at radius 2 is 1.64 bits per heavy atom. The van der Waals surface area contributed by atoms with E-state index in [2.05, 4.69) is 24.3 Å². The van der Waals surface area contributed by atoms with Crippen molar-refractivity contribution in [2.45, 2.75) is 38.5 Å². The van der Waals surface area contributed by atoms with Crippen LogP contribution in [0.1, 0.15) is 37.7 Å². The summed E-state index contributed by atoms with van der Waals surface area (Å²) in [5, 5.41) is 0. The van der Waals surface area contributed by atoms with Gasteiger partial charge in [-0.05, 0) is 37.2 Å². The molecule has 134 valence electrons. The van der Waals surface area contributed by atoms with Crippen LogP contribution < -0.4 is 0 Å². The largest absolute Gasteiger partial charge is 0.339 e. The molecule has 1 aliphatic heterocycles. The summed E-state index contributed by atoms with van der Waals surface area (Å²) in [6.07, 6.45) is 9.59. The first kappa shape index (κ1) is 17.7. The van der Waals surface area contributed by atoms with Gasteiger partial charge in [0.25, 0.3) is 0 Å². The number of hydrogen-bond acceptors (Lipinski definition) is 2. The third-order valence-corrected chi connectivity index (χ3v) is 5.23. The molecule has 0 aromatic heterocycles. The molecule has 0 spiro atoms. The van der Waals surface area contributed by atoms with Crippen LogP contribution in [-0.4, -0.2) is 47.8 Å². The summed E-state index contributed by atoms with van der Waals surface area (Å²) in [5.41, 5.74) is 1.28. The van der Waals surface area contributed by atoms with Gasteiger partial charge in [-0.15, -0.1) is 0 Å². The van der Waals surface area contributed by atoms with E-state index >= 15 is 0 Å². The lowest BCUT2D eigenvalue weighted by Crippen LogP contribution is -2.50. The van der Waals surface area contributed by atoms with E-state index in [0.29, 0.717) is 44.9 Å². The molecular formula is C21H28N2O2. The molecule has 25 heavy (non-hydrogen) atoms. The number of benzene rings is 1. The minimum Gasteiger partial charge on any atom is -0.339 e. The van der Waals surface area contributed by atoms with Gasteiger partial charge in [0.2, 0.25) is 11.8 Å². The van der Waals surface area contributed by atoms with Gasteiger partial charge in [0.15, 0.2) is 0 Å². The van der Waals surface area contributed by atoms with Gasteiger partial charge in [-0.25, -0.2) is 0 Å². The van der Waals surface area contributed by atoms with Crippen LogP contribution in [0.3, 0.4) is 0 Å². The van der Waals surface area contributed by atoms with Crippen molar-refractivity contribution >= 4 is 11.8 Å². The Bertz CT molecular complexity index is 604. The van der Waals surface area contributed by atoms with Crippen LogP contribution in [0.2, 0.25) is 0 Å². The molecule has 2 amide bonds. The molecule has 1 saturated heterocycles. The number of carbonyl (C=O) groups is 2. The maximum atomic E-state index is 12.4. The second kappa shape index (κ2) is 8.84. The van der Waals surface area contributed by atoms with Gasteiger partial charge >= 0.3 is 0 Å². The number of amides is 2. The van der Waals surface area contributed by atoms with Crippen LogP contribution in [0.5, 0.6) is 0 Å². The second-order valence-corrected chi connectivity index (χ2v) is 7.07. The molecular weight excluding hydrogens is 312 g/mol. The van der Waals surface area contributed by atoms with E-state index in [-0.39, 0.29) is 11.8 Å². The van der Waals surface area contributed by atoms with E-state index in [4.69, 9.17) is 0 Å². The number of aryl methyl sites for hydroxylation is 1. The van der Waals surface area contributed by atoms with Gasteiger partial charge in [0, 0.05) is 39.0 Å². The molecule has 1 aromatic carbocycles. The average Bonchev–Trinajstić information content (AvgIpc) is 3.15. The van der Waals surface area contributed by atoms with E-state index in [1.807, 2.05) is 28.0 Å². The predicted molar refractivity (Wildman–Crippen MR) is 99.0 cm³/mol. The van der Waals surface area contributed by atoms with Gasteiger partial charge in [-0.2, -0.15) is 0 Å². The first-order valence-corrected chi connectivity index (χ1v) is 9.48. The zero-order chi connectivity index (χ0) is 17.5. The molecule has 1 heterocycles. The predicted octanol–water partition coefficient (Wildman–Crippen LogP) is 3.04. The molecule has 0 radical (unpaired) electrons. The highest BCUT2D eigenvalue weighted by molar-refractivity contribution is 5.78. The first-order chi connectivity index (χ1) is 12.2. The molecule has 0 N–H and O–H groups in total. The Labute approximate surface area is 150 Å². The minimum atomic E-state index is 0.224. The number of nitrogens with zero attached hydrogens (tertiary/aromatic N) is 2. The SMILES string of the molecule is O=C(CCCc1ccccc1)N1CCN(C(=O)CC2C=CCC2)CC1. The molecule has 0 bridgehead atoms. The zero-order valence-corrected chi connectivity index (χ0v) is 14.9. The lowest BCUT2D eigenvalue weighted by molar-refractivity contribution is -0.140. The third-order valence-electron chi connectivity index (χ3n) is 5.23. The molecule has 4 heteroatoms. The Kier molecular flexibility index (Phi) is 6.26. The number of allylic oxidation sites excluding steroid dienone is 2. The molecule has 1 fully saturated rings. The van der Waals surface area contributed by atoms with Crippen LogP contribution in [0, 0.1) is 5.92 Å². The molecule has 1 aliphatic carbocycles. The summed E-state index contributed by atoms with van der Waals surface area (Å²) in [4.78, 5) is 28.6. The topological polar surface area (TPSA) is 40.6 Å². The molecule has 4 nitrogen and oxygen atoms in total. The van der Waals surface area contributed by atoms with Crippen molar-refractivity contribution in [2.24, 2.45) is 5.92 Å². The van der Waals surface area contributed by atoms with E-state index in [1.54, 1.807) is 0 Å². The van der Waals surface area contributed by atoms with Crippen molar-refractivity contribution < 1.29 is 9.59 Å². The monoisotopic (exact) mass is 340 g/mol. The minimum absolute atomic E-state index is 0.224. The fraction of sp³-hybridized carbons (Fsp3) is 0.524. The summed E-state index contributed by atoms with van der Waals surface area (Å²) in [6, 6.07) is 10.3. The van der Waals surface area contributed by atoms with Crippen molar-refractivity contribution in [1.82, 2.24) is 9.80 Å². The van der Waals surface area contributed by atoms with Gasteiger partial charge in [-0.1, -0.05) is 42.5 Å². The standard InChI is InChI=1S/C21H28N2O2/c24-20(12-6-11-18-7-2-1-3-8-18)22-13-15-23(16-14-22)21(25)17-19-9-4-5-10-19/h1-4,7-9,19H,5-6,10-17H2. The van der Waals surface area contributed by atoms with Gasteiger partial charge in [0.1, 0.15) is 0 Å². The number of piperazine rings is 1. The zero-order valence-electron chi connectivity index (χ0n) is 14.9. The van der Waals surface area contributed by atoms with E-state index in [9.17, 15) is 9.59 Å². The van der Waals surface area contributed by atoms with Gasteiger partial charge in [-0.3, -0.25) is 9.59 Å². The molecule has 1 atom stereocenters. The maximum absolute atomic E-state index is 12.4. The number of hydrogen-bond donors (Lipinski definition) is 0. The summed E-state index contributed by atoms with van der Waals surface area (Å²) in [6.45, 7) is 2.71. The Hall–Kier alpha value is -2.10. The fourth-order valence-corrected chi connectivity index (χ4v) is 3.67. The van der Waals surface area contributed by atoms with Gasteiger partial charge in [0.05, 0.1) is 0 Å². The van der Waals surface area contributed by atoms with E-state index in [0.717, 1.165) is 25.7 Å². The highest BCUT2D eigenvalue weighted by Gasteiger charge is 2.25. The van der Waals surface area contributed by atoms with Crippen LogP contribution in [0.15, 0.2) is 42.5 Å². The van der Waals surface area contributed by atoms with E-state index < -0.39 is 0 Å². The molecule has 1 unspecified atom stereocenters. The lowest BCUT2D eigenvalue weighted by atomic mass is 10.0. The summed E-state index contributed by atoms with van der Waals surface area (Å²) in [5.74, 6) is 0.889. The Morgan fingerprint density at radius 3 is 2.28 bits per heavy atom. The average molecular weight is 340 g/mol. The fourth-order valence-electron chi connectivity index (χ4n) is 3.67. The third kappa shape index (κ3) is 5.18. The van der Waals surface area contributed by atoms with Crippen LogP contribution in [0.4, 0.5) is 0 Å². The first-order valence-electron chi connectivity index (χ1n) is 9.48. The Balaban J connectivity index is 1.35. The van der Waals surface area contributed by atoms with Crippen LogP contribution in [0.25, 0.3) is 0 Å². The maximum Gasteiger partial charge on any atom is 0.223 e.